The van der Waals surface area contributed by atoms with E-state index in [-0.39, 0.29) is 12.4 Å². The number of aromatic nitrogens is 2. The summed E-state index contributed by atoms with van der Waals surface area (Å²) < 4.78 is 55.2. The van der Waals surface area contributed by atoms with E-state index in [0.29, 0.717) is 22.9 Å². The van der Waals surface area contributed by atoms with Gasteiger partial charge in [-0.25, -0.2) is 9.37 Å². The smallest absolute Gasteiger partial charge is 0.356 e. The van der Waals surface area contributed by atoms with Crippen molar-refractivity contribution < 1.29 is 17.6 Å². The lowest BCUT2D eigenvalue weighted by molar-refractivity contribution is -0.137. The van der Waals surface area contributed by atoms with E-state index in [1.807, 2.05) is 0 Å². The Morgan fingerprint density at radius 3 is 2.48 bits per heavy atom. The quantitative estimate of drug-likeness (QED) is 0.652. The van der Waals surface area contributed by atoms with Crippen molar-refractivity contribution in [3.63, 3.8) is 0 Å². The van der Waals surface area contributed by atoms with Crippen LogP contribution in [0.1, 0.15) is 22.5 Å². The Morgan fingerprint density at radius 1 is 1.00 bits per heavy atom. The molecule has 1 aromatic heterocycles. The summed E-state index contributed by atoms with van der Waals surface area (Å²) in [4.78, 5) is 4.29. The van der Waals surface area contributed by atoms with Crippen molar-refractivity contribution in [3.05, 3.63) is 76.9 Å². The number of hydrogen-bond donors (Lipinski definition) is 1. The molecule has 0 radical (unpaired) electrons. The highest BCUT2D eigenvalue weighted by atomic mass is 32.1. The highest BCUT2D eigenvalue weighted by molar-refractivity contribution is 7.09. The summed E-state index contributed by atoms with van der Waals surface area (Å²) in [6.45, 7) is 0.217. The second-order valence-electron chi connectivity index (χ2n) is 5.37. The highest BCUT2D eigenvalue weighted by Crippen LogP contribution is 2.29. The van der Waals surface area contributed by atoms with Gasteiger partial charge in [0.05, 0.1) is 5.56 Å². The molecule has 3 aromatic rings. The number of anilines is 1. The van der Waals surface area contributed by atoms with E-state index in [1.165, 1.54) is 18.2 Å². The van der Waals surface area contributed by atoms with Crippen LogP contribution >= 0.6 is 11.5 Å². The summed E-state index contributed by atoms with van der Waals surface area (Å²) in [5.74, 6) is 0.265. The van der Waals surface area contributed by atoms with E-state index in [9.17, 15) is 17.6 Å². The number of alkyl halides is 3. The zero-order valence-corrected chi connectivity index (χ0v) is 13.7. The minimum Gasteiger partial charge on any atom is -0.356 e. The third-order valence-corrected chi connectivity index (χ3v) is 4.15. The first-order valence-corrected chi connectivity index (χ1v) is 8.14. The van der Waals surface area contributed by atoms with Crippen LogP contribution in [0.3, 0.4) is 0 Å². The van der Waals surface area contributed by atoms with Crippen LogP contribution in [-0.4, -0.2) is 9.36 Å². The minimum absolute atomic E-state index is 0.217. The zero-order chi connectivity index (χ0) is 17.9. The van der Waals surface area contributed by atoms with Crippen molar-refractivity contribution in [1.29, 1.82) is 0 Å². The van der Waals surface area contributed by atoms with Gasteiger partial charge in [-0.2, -0.15) is 17.5 Å². The van der Waals surface area contributed by atoms with Gasteiger partial charge in [-0.3, -0.25) is 0 Å². The fourth-order valence-electron chi connectivity index (χ4n) is 2.22. The SMILES string of the molecule is Fc1ccc(Cc2nsc(NCc3cccc(C(F)(F)F)c3)n2)cc1. The van der Waals surface area contributed by atoms with Gasteiger partial charge >= 0.3 is 6.18 Å². The van der Waals surface area contributed by atoms with Crippen LogP contribution in [0.25, 0.3) is 0 Å². The molecule has 0 bridgehead atoms. The molecule has 3 rings (SSSR count). The van der Waals surface area contributed by atoms with Crippen molar-refractivity contribution in [1.82, 2.24) is 9.36 Å². The maximum absolute atomic E-state index is 12.9. The average Bonchev–Trinajstić information content (AvgIpc) is 3.02. The lowest BCUT2D eigenvalue weighted by Gasteiger charge is -2.08. The van der Waals surface area contributed by atoms with Crippen molar-refractivity contribution in [2.24, 2.45) is 0 Å². The number of benzene rings is 2. The van der Waals surface area contributed by atoms with Gasteiger partial charge in [0.1, 0.15) is 11.6 Å². The molecule has 0 saturated carbocycles. The summed E-state index contributed by atoms with van der Waals surface area (Å²) in [5.41, 5.74) is 0.704. The molecule has 0 fully saturated rings. The summed E-state index contributed by atoms with van der Waals surface area (Å²) in [5, 5.41) is 3.50. The Bertz CT molecular complexity index is 844. The number of rotatable bonds is 5. The maximum Gasteiger partial charge on any atom is 0.416 e. The standard InChI is InChI=1S/C17H13F4N3S/c18-14-6-4-11(5-7-14)9-15-23-16(25-24-15)22-10-12-2-1-3-13(8-12)17(19,20)21/h1-8H,9-10H2,(H,22,23,24). The van der Waals surface area contributed by atoms with Crippen LogP contribution in [0.2, 0.25) is 0 Å². The first-order chi connectivity index (χ1) is 11.9. The largest absolute Gasteiger partial charge is 0.416 e. The highest BCUT2D eigenvalue weighted by Gasteiger charge is 2.30. The maximum atomic E-state index is 12.9. The molecule has 0 aliphatic rings. The third-order valence-electron chi connectivity index (χ3n) is 3.44. The molecule has 1 heterocycles. The Morgan fingerprint density at radius 2 is 1.76 bits per heavy atom. The third kappa shape index (κ3) is 4.76. The predicted octanol–water partition coefficient (Wildman–Crippen LogP) is 4.90. The first kappa shape index (κ1) is 17.3. The number of halogens is 4. The predicted molar refractivity (Wildman–Crippen MR) is 87.9 cm³/mol. The second-order valence-corrected chi connectivity index (χ2v) is 6.12. The molecule has 8 heteroatoms. The number of nitrogens with zero attached hydrogens (tertiary/aromatic N) is 2. The Hall–Kier alpha value is -2.48. The minimum atomic E-state index is -4.36. The molecule has 0 saturated heterocycles. The molecular formula is C17H13F4N3S. The molecular weight excluding hydrogens is 354 g/mol. The molecule has 0 unspecified atom stereocenters. The van der Waals surface area contributed by atoms with Crippen LogP contribution in [0, 0.1) is 5.82 Å². The summed E-state index contributed by atoms with van der Waals surface area (Å²) in [7, 11) is 0. The lowest BCUT2D eigenvalue weighted by Crippen LogP contribution is -2.06. The molecule has 3 nitrogen and oxygen atoms in total. The molecule has 0 aliphatic heterocycles. The van der Waals surface area contributed by atoms with Gasteiger partial charge in [0, 0.05) is 24.5 Å². The lowest BCUT2D eigenvalue weighted by atomic mass is 10.1. The summed E-state index contributed by atoms with van der Waals surface area (Å²) in [6.07, 6.45) is -3.90. The first-order valence-electron chi connectivity index (χ1n) is 7.37. The zero-order valence-electron chi connectivity index (χ0n) is 12.8. The van der Waals surface area contributed by atoms with Gasteiger partial charge in [-0.05, 0) is 35.4 Å². The van der Waals surface area contributed by atoms with E-state index < -0.39 is 11.7 Å². The van der Waals surface area contributed by atoms with Gasteiger partial charge < -0.3 is 5.32 Å². The van der Waals surface area contributed by atoms with E-state index >= 15 is 0 Å². The van der Waals surface area contributed by atoms with Gasteiger partial charge in [-0.1, -0.05) is 24.3 Å². The molecule has 2 aromatic carbocycles. The van der Waals surface area contributed by atoms with Crippen molar-refractivity contribution in [2.75, 3.05) is 5.32 Å². The Labute approximate surface area is 145 Å². The molecule has 0 atom stereocenters. The fourth-order valence-corrected chi connectivity index (χ4v) is 2.80. The molecule has 1 N–H and O–H groups in total. The van der Waals surface area contributed by atoms with E-state index in [1.54, 1.807) is 18.2 Å². The van der Waals surface area contributed by atoms with Crippen LogP contribution in [0.5, 0.6) is 0 Å². The van der Waals surface area contributed by atoms with Crippen LogP contribution < -0.4 is 5.32 Å². The van der Waals surface area contributed by atoms with Crippen LogP contribution in [0.15, 0.2) is 48.5 Å². The Kier molecular flexibility index (Phi) is 4.98. The van der Waals surface area contributed by atoms with Gasteiger partial charge in [0.2, 0.25) is 5.13 Å². The Balaban J connectivity index is 1.61. The fraction of sp³-hybridized carbons (Fsp3) is 0.176. The van der Waals surface area contributed by atoms with Gasteiger partial charge in [0.15, 0.2) is 0 Å². The monoisotopic (exact) mass is 367 g/mol. The van der Waals surface area contributed by atoms with E-state index in [0.717, 1.165) is 29.2 Å². The van der Waals surface area contributed by atoms with E-state index in [4.69, 9.17) is 0 Å². The van der Waals surface area contributed by atoms with Crippen molar-refractivity contribution in [2.45, 2.75) is 19.1 Å². The topological polar surface area (TPSA) is 37.8 Å². The number of hydrogen-bond acceptors (Lipinski definition) is 4. The van der Waals surface area contributed by atoms with Crippen molar-refractivity contribution in [3.8, 4) is 0 Å². The summed E-state index contributed by atoms with van der Waals surface area (Å²) in [6, 6.07) is 11.2. The molecule has 0 amide bonds. The normalized spacial score (nSPS) is 11.5. The number of nitrogens with one attached hydrogen (secondary N) is 1. The van der Waals surface area contributed by atoms with E-state index in [2.05, 4.69) is 14.7 Å². The van der Waals surface area contributed by atoms with Crippen LogP contribution in [0.4, 0.5) is 22.7 Å². The molecule has 130 valence electrons. The van der Waals surface area contributed by atoms with Gasteiger partial charge in [0.25, 0.3) is 0 Å². The molecule has 25 heavy (non-hydrogen) atoms. The summed E-state index contributed by atoms with van der Waals surface area (Å²) >= 11 is 1.13. The molecule has 0 spiro atoms. The molecule has 0 aliphatic carbocycles. The average molecular weight is 367 g/mol. The van der Waals surface area contributed by atoms with Crippen molar-refractivity contribution >= 4 is 16.7 Å². The van der Waals surface area contributed by atoms with Gasteiger partial charge in [-0.15, -0.1) is 0 Å². The van der Waals surface area contributed by atoms with Crippen LogP contribution in [-0.2, 0) is 19.1 Å². The second kappa shape index (κ2) is 7.18.